The number of non-ortho nitro benzene ring substituents is 1. The van der Waals surface area contributed by atoms with Crippen LogP contribution >= 0.6 is 0 Å². The summed E-state index contributed by atoms with van der Waals surface area (Å²) in [5, 5.41) is 10.7. The van der Waals surface area contributed by atoms with Crippen molar-refractivity contribution in [3.05, 3.63) is 39.7 Å². The highest BCUT2D eigenvalue weighted by Gasteiger charge is 2.48. The molecule has 0 saturated heterocycles. The van der Waals surface area contributed by atoms with E-state index in [0.29, 0.717) is 6.40 Å². The van der Waals surface area contributed by atoms with Crippen LogP contribution in [0.1, 0.15) is 18.9 Å². The van der Waals surface area contributed by atoms with E-state index in [1.54, 1.807) is 0 Å². The number of benzene rings is 1. The second-order valence-electron chi connectivity index (χ2n) is 4.80. The molecular weight excluding hydrogens is 296 g/mol. The van der Waals surface area contributed by atoms with E-state index < -0.39 is 40.7 Å². The van der Waals surface area contributed by atoms with Gasteiger partial charge in [0.2, 0.25) is 0 Å². The fourth-order valence-corrected chi connectivity index (χ4v) is 2.09. The molecular formula is C12H10F4N2O3. The zero-order valence-electron chi connectivity index (χ0n) is 10.7. The SMILES string of the molecule is C[C@@]1(c2cc([N+](=O)[O-])ccc2F)C[C@H](C(F)(F)F)OC=N1. The number of hydrogen-bond acceptors (Lipinski definition) is 4. The predicted octanol–water partition coefficient (Wildman–Crippen LogP) is 3.33. The Morgan fingerprint density at radius 2 is 2.14 bits per heavy atom. The Morgan fingerprint density at radius 3 is 2.71 bits per heavy atom. The zero-order valence-corrected chi connectivity index (χ0v) is 10.7. The summed E-state index contributed by atoms with van der Waals surface area (Å²) in [5.41, 5.74) is -2.28. The quantitative estimate of drug-likeness (QED) is 0.478. The number of aliphatic imine (C=N–C) groups is 1. The largest absolute Gasteiger partial charge is 0.471 e. The van der Waals surface area contributed by atoms with E-state index >= 15 is 0 Å². The summed E-state index contributed by atoms with van der Waals surface area (Å²) < 4.78 is 56.4. The Labute approximate surface area is 116 Å². The fourth-order valence-electron chi connectivity index (χ4n) is 2.09. The molecule has 0 amide bonds. The van der Waals surface area contributed by atoms with Crippen LogP contribution in [0, 0.1) is 15.9 Å². The van der Waals surface area contributed by atoms with Gasteiger partial charge in [-0.25, -0.2) is 9.38 Å². The van der Waals surface area contributed by atoms with Gasteiger partial charge in [-0.05, 0) is 13.0 Å². The molecule has 1 aromatic carbocycles. The van der Waals surface area contributed by atoms with Crippen LogP contribution in [-0.2, 0) is 10.3 Å². The lowest BCUT2D eigenvalue weighted by atomic mass is 9.85. The van der Waals surface area contributed by atoms with E-state index in [4.69, 9.17) is 0 Å². The van der Waals surface area contributed by atoms with Gasteiger partial charge in [-0.15, -0.1) is 0 Å². The van der Waals surface area contributed by atoms with E-state index in [1.165, 1.54) is 6.92 Å². The minimum atomic E-state index is -4.63. The first kappa shape index (κ1) is 15.2. The smallest absolute Gasteiger partial charge is 0.425 e. The minimum absolute atomic E-state index is 0.273. The molecule has 1 heterocycles. The van der Waals surface area contributed by atoms with Crippen LogP contribution in [0.3, 0.4) is 0 Å². The Morgan fingerprint density at radius 1 is 1.48 bits per heavy atom. The second-order valence-corrected chi connectivity index (χ2v) is 4.80. The molecule has 1 aromatic rings. The van der Waals surface area contributed by atoms with Crippen LogP contribution in [0.15, 0.2) is 23.2 Å². The van der Waals surface area contributed by atoms with E-state index in [2.05, 4.69) is 9.73 Å². The topological polar surface area (TPSA) is 64.7 Å². The highest BCUT2D eigenvalue weighted by atomic mass is 19.4. The lowest BCUT2D eigenvalue weighted by Gasteiger charge is -2.34. The molecule has 0 fully saturated rings. The maximum absolute atomic E-state index is 13.9. The van der Waals surface area contributed by atoms with Gasteiger partial charge in [-0.1, -0.05) is 0 Å². The molecule has 0 unspecified atom stereocenters. The van der Waals surface area contributed by atoms with Crippen LogP contribution in [0.4, 0.5) is 23.2 Å². The van der Waals surface area contributed by atoms with E-state index in [-0.39, 0.29) is 5.56 Å². The minimum Gasteiger partial charge on any atom is -0.471 e. The van der Waals surface area contributed by atoms with Crippen LogP contribution in [0.5, 0.6) is 0 Å². The standard InChI is InChI=1S/C12H10F4N2O3/c1-11(5-10(12(14,15)16)21-6-17-11)8-4-7(18(19)20)2-3-9(8)13/h2-4,6,10H,5H2,1H3/t10-,11+/m1/s1. The van der Waals surface area contributed by atoms with Gasteiger partial charge in [0.1, 0.15) is 5.82 Å². The molecule has 5 nitrogen and oxygen atoms in total. The second kappa shape index (κ2) is 4.97. The van der Waals surface area contributed by atoms with Gasteiger partial charge in [0.05, 0.1) is 10.5 Å². The fraction of sp³-hybridized carbons (Fsp3) is 0.417. The number of rotatable bonds is 2. The van der Waals surface area contributed by atoms with Crippen molar-refractivity contribution >= 4 is 12.1 Å². The lowest BCUT2D eigenvalue weighted by Crippen LogP contribution is -2.41. The zero-order chi connectivity index (χ0) is 15.8. The van der Waals surface area contributed by atoms with Gasteiger partial charge in [0.25, 0.3) is 5.69 Å². The molecule has 114 valence electrons. The van der Waals surface area contributed by atoms with Crippen molar-refractivity contribution in [2.24, 2.45) is 4.99 Å². The third kappa shape index (κ3) is 2.96. The van der Waals surface area contributed by atoms with Crippen molar-refractivity contribution in [2.45, 2.75) is 31.2 Å². The van der Waals surface area contributed by atoms with Gasteiger partial charge in [-0.3, -0.25) is 10.1 Å². The van der Waals surface area contributed by atoms with Gasteiger partial charge in [-0.2, -0.15) is 13.2 Å². The molecule has 0 bridgehead atoms. The molecule has 21 heavy (non-hydrogen) atoms. The summed E-state index contributed by atoms with van der Waals surface area (Å²) in [5.74, 6) is -0.858. The number of alkyl halides is 3. The number of nitro groups is 1. The van der Waals surface area contributed by atoms with Crippen LogP contribution in [-0.4, -0.2) is 23.6 Å². The Kier molecular flexibility index (Phi) is 3.60. The summed E-state index contributed by atoms with van der Waals surface area (Å²) in [6.07, 6.45) is -6.82. The first-order valence-electron chi connectivity index (χ1n) is 5.84. The van der Waals surface area contributed by atoms with Gasteiger partial charge < -0.3 is 4.74 Å². The average molecular weight is 306 g/mol. The summed E-state index contributed by atoms with van der Waals surface area (Å²) in [7, 11) is 0. The van der Waals surface area contributed by atoms with E-state index in [9.17, 15) is 27.7 Å². The molecule has 0 radical (unpaired) electrons. The highest BCUT2D eigenvalue weighted by molar-refractivity contribution is 5.51. The monoisotopic (exact) mass is 306 g/mol. The Bertz CT molecular complexity index is 603. The highest BCUT2D eigenvalue weighted by Crippen LogP contribution is 2.40. The summed E-state index contributed by atoms with van der Waals surface area (Å²) >= 11 is 0. The first-order chi connectivity index (χ1) is 9.63. The number of nitro benzene ring substituents is 1. The molecule has 1 aliphatic heterocycles. The first-order valence-corrected chi connectivity index (χ1v) is 5.84. The van der Waals surface area contributed by atoms with Crippen LogP contribution < -0.4 is 0 Å². The average Bonchev–Trinajstić information content (AvgIpc) is 2.37. The van der Waals surface area contributed by atoms with Crippen LogP contribution in [0.25, 0.3) is 0 Å². The molecule has 1 aliphatic rings. The Balaban J connectivity index is 2.45. The van der Waals surface area contributed by atoms with Gasteiger partial charge in [0.15, 0.2) is 12.5 Å². The van der Waals surface area contributed by atoms with Crippen molar-refractivity contribution < 1.29 is 27.2 Å². The normalized spacial score (nSPS) is 25.5. The third-order valence-corrected chi connectivity index (χ3v) is 3.25. The van der Waals surface area contributed by atoms with Crippen LogP contribution in [0.2, 0.25) is 0 Å². The molecule has 0 saturated carbocycles. The lowest BCUT2D eigenvalue weighted by molar-refractivity contribution is -0.385. The maximum Gasteiger partial charge on any atom is 0.425 e. The van der Waals surface area contributed by atoms with Gasteiger partial charge in [0, 0.05) is 24.1 Å². The molecule has 2 rings (SSSR count). The number of hydrogen-bond donors (Lipinski definition) is 0. The van der Waals surface area contributed by atoms with Gasteiger partial charge >= 0.3 is 6.18 Å². The van der Waals surface area contributed by atoms with E-state index in [1.807, 2.05) is 0 Å². The Hall–Kier alpha value is -2.19. The van der Waals surface area contributed by atoms with Crippen molar-refractivity contribution in [2.75, 3.05) is 0 Å². The maximum atomic E-state index is 13.9. The molecule has 0 N–H and O–H groups in total. The van der Waals surface area contributed by atoms with E-state index in [0.717, 1.165) is 18.2 Å². The molecule has 0 aliphatic carbocycles. The molecule has 2 atom stereocenters. The van der Waals surface area contributed by atoms with Crippen molar-refractivity contribution in [1.82, 2.24) is 0 Å². The number of halogens is 4. The van der Waals surface area contributed by atoms with Crippen molar-refractivity contribution in [3.8, 4) is 0 Å². The summed E-state index contributed by atoms with van der Waals surface area (Å²) in [6.45, 7) is 1.27. The summed E-state index contributed by atoms with van der Waals surface area (Å²) in [4.78, 5) is 13.7. The molecule has 9 heteroatoms. The van der Waals surface area contributed by atoms with Crippen molar-refractivity contribution in [1.29, 1.82) is 0 Å². The van der Waals surface area contributed by atoms with Crippen molar-refractivity contribution in [3.63, 3.8) is 0 Å². The predicted molar refractivity (Wildman–Crippen MR) is 64.4 cm³/mol. The number of nitrogens with zero attached hydrogens (tertiary/aromatic N) is 2. The molecule has 0 aromatic heterocycles. The summed E-state index contributed by atoms with van der Waals surface area (Å²) in [6, 6.07) is 2.67. The molecule has 0 spiro atoms. The third-order valence-electron chi connectivity index (χ3n) is 3.25. The number of ether oxygens (including phenoxy) is 1.